The Balaban J connectivity index is 2.07. The molecule has 0 radical (unpaired) electrons. The normalized spacial score (nSPS) is 28.3. The Morgan fingerprint density at radius 3 is 2.33 bits per heavy atom. The number of amides is 1. The second kappa shape index (κ2) is 7.19. The summed E-state index contributed by atoms with van der Waals surface area (Å²) >= 11 is 0. The lowest BCUT2D eigenvalue weighted by atomic mass is 9.78. The molecule has 2 fully saturated rings. The third-order valence-electron chi connectivity index (χ3n) is 5.39. The van der Waals surface area contributed by atoms with E-state index in [4.69, 9.17) is 0 Å². The van der Waals surface area contributed by atoms with Gasteiger partial charge in [0.25, 0.3) is 0 Å². The van der Waals surface area contributed by atoms with Gasteiger partial charge >= 0.3 is 6.18 Å². The minimum Gasteiger partial charge on any atom is -0.354 e. The topological polar surface area (TPSA) is 75.3 Å². The molecule has 0 bridgehead atoms. The summed E-state index contributed by atoms with van der Waals surface area (Å²) in [6.07, 6.45) is -1.25. The zero-order valence-corrected chi connectivity index (χ0v) is 14.6. The maximum absolute atomic E-state index is 13.1. The van der Waals surface area contributed by atoms with Crippen LogP contribution in [0.1, 0.15) is 38.5 Å². The van der Waals surface area contributed by atoms with Crippen LogP contribution < -0.4 is 10.6 Å². The molecule has 2 N–H and O–H groups in total. The Morgan fingerprint density at radius 1 is 1.21 bits per heavy atom. The first-order chi connectivity index (χ1) is 11.1. The average molecular weight is 370 g/mol. The highest BCUT2D eigenvalue weighted by Gasteiger charge is 2.50. The summed E-state index contributed by atoms with van der Waals surface area (Å²) in [5.74, 6) is -2.76. The molecule has 1 heterocycles. The molecule has 0 aromatic rings. The molecular formula is C15H25F3N2O3S. The van der Waals surface area contributed by atoms with Crippen LogP contribution in [0.15, 0.2) is 0 Å². The molecule has 24 heavy (non-hydrogen) atoms. The second-order valence-electron chi connectivity index (χ2n) is 6.92. The lowest BCUT2D eigenvalue weighted by Crippen LogP contribution is -2.58. The zero-order valence-electron chi connectivity index (χ0n) is 13.8. The van der Waals surface area contributed by atoms with E-state index in [1.165, 1.54) is 0 Å². The van der Waals surface area contributed by atoms with Gasteiger partial charge in [0.2, 0.25) is 5.91 Å². The first kappa shape index (κ1) is 19.5. The number of hydrogen-bond donors (Lipinski definition) is 2. The fraction of sp³-hybridized carbons (Fsp3) is 0.933. The maximum atomic E-state index is 13.1. The van der Waals surface area contributed by atoms with Crippen molar-refractivity contribution in [2.75, 3.05) is 25.9 Å². The van der Waals surface area contributed by atoms with Crippen molar-refractivity contribution in [2.45, 2.75) is 49.4 Å². The van der Waals surface area contributed by atoms with Gasteiger partial charge in [-0.05, 0) is 44.7 Å². The number of carbonyl (C=O) groups is 1. The van der Waals surface area contributed by atoms with E-state index in [2.05, 4.69) is 10.6 Å². The molecule has 2 rings (SSSR count). The molecule has 9 heteroatoms. The lowest BCUT2D eigenvalue weighted by Gasteiger charge is -2.36. The van der Waals surface area contributed by atoms with Gasteiger partial charge in [-0.15, -0.1) is 0 Å². The van der Waals surface area contributed by atoms with E-state index in [1.54, 1.807) is 0 Å². The minimum absolute atomic E-state index is 0.0746. The minimum atomic E-state index is -4.28. The van der Waals surface area contributed by atoms with Crippen molar-refractivity contribution in [2.24, 2.45) is 11.8 Å². The number of halogens is 3. The van der Waals surface area contributed by atoms with Crippen LogP contribution in [0.5, 0.6) is 0 Å². The van der Waals surface area contributed by atoms with Crippen LogP contribution in [-0.4, -0.2) is 51.1 Å². The fourth-order valence-corrected chi connectivity index (χ4v) is 5.22. The molecule has 0 aromatic heterocycles. The molecule has 1 saturated carbocycles. The summed E-state index contributed by atoms with van der Waals surface area (Å²) in [5, 5.41) is 5.53. The van der Waals surface area contributed by atoms with Crippen LogP contribution >= 0.6 is 0 Å². The first-order valence-corrected chi connectivity index (χ1v) is 10.2. The van der Waals surface area contributed by atoms with Crippen molar-refractivity contribution in [3.05, 3.63) is 0 Å². The van der Waals surface area contributed by atoms with Gasteiger partial charge in [-0.25, -0.2) is 8.42 Å². The van der Waals surface area contributed by atoms with E-state index in [0.29, 0.717) is 32.4 Å². The van der Waals surface area contributed by atoms with Gasteiger partial charge in [0, 0.05) is 12.8 Å². The van der Waals surface area contributed by atoms with Crippen molar-refractivity contribution in [3.8, 4) is 0 Å². The Hall–Kier alpha value is -0.830. The van der Waals surface area contributed by atoms with Crippen LogP contribution in [0.25, 0.3) is 0 Å². The van der Waals surface area contributed by atoms with E-state index in [9.17, 15) is 26.4 Å². The number of rotatable bonds is 4. The summed E-state index contributed by atoms with van der Waals surface area (Å²) < 4.78 is 62.1. The van der Waals surface area contributed by atoms with Crippen molar-refractivity contribution < 1.29 is 26.4 Å². The molecular weight excluding hydrogens is 345 g/mol. The highest BCUT2D eigenvalue weighted by atomic mass is 32.2. The fourth-order valence-electron chi connectivity index (χ4n) is 3.86. The largest absolute Gasteiger partial charge is 0.392 e. The molecule has 1 amide bonds. The number of carbonyl (C=O) groups excluding carboxylic acids is 1. The summed E-state index contributed by atoms with van der Waals surface area (Å²) in [7, 11) is -3.66. The zero-order chi connectivity index (χ0) is 18.0. The Kier molecular flexibility index (Phi) is 5.84. The molecule has 0 spiro atoms. The quantitative estimate of drug-likeness (QED) is 0.789. The van der Waals surface area contributed by atoms with Gasteiger partial charge in [0.1, 0.15) is 0 Å². The summed E-state index contributed by atoms with van der Waals surface area (Å²) in [5.41, 5.74) is 0. The van der Waals surface area contributed by atoms with E-state index >= 15 is 0 Å². The standard InChI is InChI=1S/C15H25F3N2O3S/c1-24(22,23)14(6-8-19-9-7-14)13(21)20-10-11-4-2-3-5-12(11)15(16,17)18/h11-12,19H,2-10H2,1H3,(H,20,21). The van der Waals surface area contributed by atoms with Gasteiger partial charge in [0.15, 0.2) is 14.6 Å². The van der Waals surface area contributed by atoms with Gasteiger partial charge in [-0.3, -0.25) is 4.79 Å². The average Bonchev–Trinajstić information content (AvgIpc) is 2.51. The van der Waals surface area contributed by atoms with E-state index in [0.717, 1.165) is 6.26 Å². The summed E-state index contributed by atoms with van der Waals surface area (Å²) in [4.78, 5) is 12.6. The Labute approximate surface area is 140 Å². The van der Waals surface area contributed by atoms with Crippen molar-refractivity contribution >= 4 is 15.7 Å². The van der Waals surface area contributed by atoms with Crippen molar-refractivity contribution in [1.29, 1.82) is 0 Å². The van der Waals surface area contributed by atoms with Crippen molar-refractivity contribution in [1.82, 2.24) is 10.6 Å². The highest BCUT2D eigenvalue weighted by Crippen LogP contribution is 2.41. The smallest absolute Gasteiger partial charge is 0.354 e. The number of hydrogen-bond acceptors (Lipinski definition) is 4. The lowest BCUT2D eigenvalue weighted by molar-refractivity contribution is -0.195. The summed E-state index contributed by atoms with van der Waals surface area (Å²) in [6, 6.07) is 0. The maximum Gasteiger partial charge on any atom is 0.392 e. The molecule has 1 saturated heterocycles. The predicted molar refractivity (Wildman–Crippen MR) is 84.2 cm³/mol. The molecule has 140 valence electrons. The second-order valence-corrected chi connectivity index (χ2v) is 9.24. The van der Waals surface area contributed by atoms with Crippen molar-refractivity contribution in [3.63, 3.8) is 0 Å². The van der Waals surface area contributed by atoms with Gasteiger partial charge in [0.05, 0.1) is 5.92 Å². The predicted octanol–water partition coefficient (Wildman–Crippen LogP) is 1.64. The number of sulfone groups is 1. The number of nitrogens with one attached hydrogen (secondary N) is 2. The third-order valence-corrected chi connectivity index (χ3v) is 7.40. The molecule has 5 nitrogen and oxygen atoms in total. The molecule has 0 aromatic carbocycles. The van der Waals surface area contributed by atoms with Gasteiger partial charge in [-0.1, -0.05) is 12.8 Å². The van der Waals surface area contributed by atoms with Crippen LogP contribution in [0.2, 0.25) is 0 Å². The first-order valence-electron chi connectivity index (χ1n) is 8.33. The van der Waals surface area contributed by atoms with E-state index in [-0.39, 0.29) is 25.8 Å². The van der Waals surface area contributed by atoms with E-state index in [1.807, 2.05) is 0 Å². The molecule has 2 unspecified atom stereocenters. The molecule has 2 aliphatic rings. The van der Waals surface area contributed by atoms with Crippen LogP contribution in [0.3, 0.4) is 0 Å². The third kappa shape index (κ3) is 4.04. The molecule has 1 aliphatic carbocycles. The van der Waals surface area contributed by atoms with Crippen LogP contribution in [-0.2, 0) is 14.6 Å². The number of alkyl halides is 3. The molecule has 1 aliphatic heterocycles. The van der Waals surface area contributed by atoms with E-state index < -0.39 is 38.5 Å². The van der Waals surface area contributed by atoms with Crippen LogP contribution in [0, 0.1) is 11.8 Å². The monoisotopic (exact) mass is 370 g/mol. The Bertz CT molecular complexity index is 557. The Morgan fingerprint density at radius 2 is 1.79 bits per heavy atom. The van der Waals surface area contributed by atoms with Gasteiger partial charge < -0.3 is 10.6 Å². The SMILES string of the molecule is CS(=O)(=O)C1(C(=O)NCC2CCCCC2C(F)(F)F)CCNCC1. The highest BCUT2D eigenvalue weighted by molar-refractivity contribution is 7.92. The molecule has 2 atom stereocenters. The van der Waals surface area contributed by atoms with Gasteiger partial charge in [-0.2, -0.15) is 13.2 Å². The number of piperidine rings is 1. The summed E-state index contributed by atoms with van der Waals surface area (Å²) in [6.45, 7) is 0.678. The van der Waals surface area contributed by atoms with Crippen LogP contribution in [0.4, 0.5) is 13.2 Å².